The van der Waals surface area contributed by atoms with Crippen molar-refractivity contribution in [3.63, 3.8) is 0 Å². The summed E-state index contributed by atoms with van der Waals surface area (Å²) in [5, 5.41) is 0. The van der Waals surface area contributed by atoms with E-state index >= 15 is 0 Å². The molecule has 3 aliphatic rings. The average Bonchev–Trinajstić information content (AvgIpc) is 3.05. The summed E-state index contributed by atoms with van der Waals surface area (Å²) >= 11 is 0. The largest absolute Gasteiger partial charge is 0.416 e. The van der Waals surface area contributed by atoms with E-state index in [9.17, 15) is 13.2 Å². The highest BCUT2D eigenvalue weighted by Gasteiger charge is 2.42. The van der Waals surface area contributed by atoms with E-state index in [1.54, 1.807) is 6.07 Å². The summed E-state index contributed by atoms with van der Waals surface area (Å²) in [4.78, 5) is 5.08. The molecule has 31 heavy (non-hydrogen) atoms. The molecule has 5 heteroatoms. The molecule has 2 nitrogen and oxygen atoms in total. The molecule has 0 N–H and O–H groups in total. The van der Waals surface area contributed by atoms with Crippen molar-refractivity contribution < 1.29 is 13.2 Å². The molecule has 1 saturated heterocycles. The van der Waals surface area contributed by atoms with Crippen LogP contribution in [-0.4, -0.2) is 42.5 Å². The van der Waals surface area contributed by atoms with Crippen molar-refractivity contribution in [1.82, 2.24) is 9.80 Å². The van der Waals surface area contributed by atoms with Crippen LogP contribution in [0.25, 0.3) is 11.1 Å². The van der Waals surface area contributed by atoms with Crippen molar-refractivity contribution >= 4 is 0 Å². The number of hydrogen-bond donors (Lipinski definition) is 0. The summed E-state index contributed by atoms with van der Waals surface area (Å²) in [6.07, 6.45) is 3.03. The van der Waals surface area contributed by atoms with E-state index in [1.165, 1.54) is 55.4 Å². The molecule has 5 rings (SSSR count). The van der Waals surface area contributed by atoms with Crippen LogP contribution in [-0.2, 0) is 6.18 Å². The lowest BCUT2D eigenvalue weighted by atomic mass is 9.86. The fourth-order valence-electron chi connectivity index (χ4n) is 6.20. The molecule has 2 bridgehead atoms. The molecule has 2 aromatic rings. The Labute approximate surface area is 183 Å². The van der Waals surface area contributed by atoms with Gasteiger partial charge >= 0.3 is 6.18 Å². The van der Waals surface area contributed by atoms with E-state index in [0.717, 1.165) is 24.6 Å². The number of alkyl halides is 3. The Morgan fingerprint density at radius 2 is 1.61 bits per heavy atom. The Morgan fingerprint density at radius 3 is 2.32 bits per heavy atom. The second-order valence-corrected chi connectivity index (χ2v) is 9.82. The fourth-order valence-corrected chi connectivity index (χ4v) is 6.20. The minimum atomic E-state index is -4.31. The summed E-state index contributed by atoms with van der Waals surface area (Å²) in [7, 11) is 4.36. The van der Waals surface area contributed by atoms with E-state index in [4.69, 9.17) is 0 Å². The number of piperidine rings is 1. The van der Waals surface area contributed by atoms with Crippen LogP contribution in [0.1, 0.15) is 67.2 Å². The minimum Gasteiger partial charge on any atom is -0.306 e. The van der Waals surface area contributed by atoms with Gasteiger partial charge in [-0.3, -0.25) is 4.90 Å². The number of halogens is 3. The van der Waals surface area contributed by atoms with Crippen LogP contribution in [0, 0.1) is 0 Å². The van der Waals surface area contributed by atoms with E-state index in [2.05, 4.69) is 36.0 Å². The number of rotatable bonds is 3. The van der Waals surface area contributed by atoms with Crippen LogP contribution in [0.3, 0.4) is 0 Å². The molecule has 2 fully saturated rings. The Morgan fingerprint density at radius 1 is 0.871 bits per heavy atom. The van der Waals surface area contributed by atoms with Gasteiger partial charge in [-0.05, 0) is 106 Å². The summed E-state index contributed by atoms with van der Waals surface area (Å²) < 4.78 is 39.6. The van der Waals surface area contributed by atoms with Gasteiger partial charge in [0.15, 0.2) is 0 Å². The summed E-state index contributed by atoms with van der Waals surface area (Å²) in [5.74, 6) is 0.602. The van der Waals surface area contributed by atoms with Gasteiger partial charge in [0.25, 0.3) is 0 Å². The predicted octanol–water partition coefficient (Wildman–Crippen LogP) is 6.48. The van der Waals surface area contributed by atoms with Gasteiger partial charge in [0.2, 0.25) is 0 Å². The first-order valence-electron chi connectivity index (χ1n) is 11.5. The Balaban J connectivity index is 1.42. The molecular weight excluding hydrogens is 397 g/mol. The third kappa shape index (κ3) is 3.91. The standard InChI is InChI=1S/C26H31F3N2/c1-30(2)21-7-9-22(10-8-21)31-13-12-19-16-25(31)24-15-18(6-11-23(19)24)17-4-3-5-20(14-17)26(27,28)29/h3-6,11,14-15,19,21-22,25H,7-10,12-13,16H2,1-2H3/t19?,21?,22?,25-/m0/s1. The molecule has 1 aliphatic heterocycles. The van der Waals surface area contributed by atoms with Gasteiger partial charge in [-0.2, -0.15) is 13.2 Å². The second kappa shape index (κ2) is 7.93. The lowest BCUT2D eigenvalue weighted by molar-refractivity contribution is -0.137. The van der Waals surface area contributed by atoms with Crippen molar-refractivity contribution in [2.45, 2.75) is 68.7 Å². The molecule has 2 atom stereocenters. The first kappa shape index (κ1) is 21.0. The second-order valence-electron chi connectivity index (χ2n) is 9.82. The number of nitrogens with zero attached hydrogens (tertiary/aromatic N) is 2. The monoisotopic (exact) mass is 428 g/mol. The summed E-state index contributed by atoms with van der Waals surface area (Å²) in [6, 6.07) is 13.8. The molecule has 0 amide bonds. The number of fused-ring (bicyclic) bond motifs is 5. The van der Waals surface area contributed by atoms with Crippen LogP contribution >= 0.6 is 0 Å². The quantitative estimate of drug-likeness (QED) is 0.552. The fraction of sp³-hybridized carbons (Fsp3) is 0.538. The van der Waals surface area contributed by atoms with Gasteiger partial charge in [0, 0.05) is 18.1 Å². The minimum absolute atomic E-state index is 0.417. The summed E-state index contributed by atoms with van der Waals surface area (Å²) in [6.45, 7) is 1.14. The van der Waals surface area contributed by atoms with Crippen molar-refractivity contribution in [1.29, 1.82) is 0 Å². The highest BCUT2D eigenvalue weighted by molar-refractivity contribution is 5.67. The molecule has 1 heterocycles. The highest BCUT2D eigenvalue weighted by Crippen LogP contribution is 2.51. The topological polar surface area (TPSA) is 6.48 Å². The maximum atomic E-state index is 13.2. The first-order valence-corrected chi connectivity index (χ1v) is 11.5. The van der Waals surface area contributed by atoms with E-state index in [-0.39, 0.29) is 0 Å². The Kier molecular flexibility index (Phi) is 5.38. The van der Waals surface area contributed by atoms with Gasteiger partial charge in [0.05, 0.1) is 5.56 Å². The van der Waals surface area contributed by atoms with Crippen LogP contribution in [0.2, 0.25) is 0 Å². The van der Waals surface area contributed by atoms with Crippen molar-refractivity contribution in [2.75, 3.05) is 20.6 Å². The first-order chi connectivity index (χ1) is 14.8. The zero-order valence-electron chi connectivity index (χ0n) is 18.3. The van der Waals surface area contributed by atoms with Crippen LogP contribution in [0.4, 0.5) is 13.2 Å². The zero-order valence-corrected chi connectivity index (χ0v) is 18.3. The normalized spacial score (nSPS) is 28.7. The number of hydrogen-bond acceptors (Lipinski definition) is 2. The lowest BCUT2D eigenvalue weighted by Crippen LogP contribution is -2.45. The molecule has 0 aromatic heterocycles. The van der Waals surface area contributed by atoms with Crippen LogP contribution in [0.15, 0.2) is 42.5 Å². The highest BCUT2D eigenvalue weighted by atomic mass is 19.4. The van der Waals surface area contributed by atoms with Crippen molar-refractivity contribution in [3.8, 4) is 11.1 Å². The number of likely N-dealkylation sites (tertiary alicyclic amines) is 1. The third-order valence-electron chi connectivity index (χ3n) is 7.92. The molecule has 1 unspecified atom stereocenters. The van der Waals surface area contributed by atoms with E-state index in [0.29, 0.717) is 29.6 Å². The molecule has 2 aliphatic carbocycles. The molecular formula is C26H31F3N2. The Hall–Kier alpha value is -1.85. The van der Waals surface area contributed by atoms with Gasteiger partial charge in [-0.15, -0.1) is 0 Å². The third-order valence-corrected chi connectivity index (χ3v) is 7.92. The molecule has 0 radical (unpaired) electrons. The van der Waals surface area contributed by atoms with Crippen LogP contribution < -0.4 is 0 Å². The molecule has 166 valence electrons. The zero-order chi connectivity index (χ0) is 21.8. The maximum absolute atomic E-state index is 13.2. The summed E-state index contributed by atoms with van der Waals surface area (Å²) in [5.41, 5.74) is 3.74. The van der Waals surface area contributed by atoms with Crippen LogP contribution in [0.5, 0.6) is 0 Å². The van der Waals surface area contributed by atoms with Gasteiger partial charge in [0.1, 0.15) is 0 Å². The predicted molar refractivity (Wildman–Crippen MR) is 118 cm³/mol. The van der Waals surface area contributed by atoms with Gasteiger partial charge in [-0.1, -0.05) is 24.3 Å². The smallest absolute Gasteiger partial charge is 0.306 e. The SMILES string of the molecule is CN(C)C1CCC(N2CCC3C[C@H]2c2cc(-c4cccc(C(F)(F)F)c4)ccc23)CC1. The maximum Gasteiger partial charge on any atom is 0.416 e. The molecule has 2 aromatic carbocycles. The van der Waals surface area contributed by atoms with Gasteiger partial charge < -0.3 is 4.90 Å². The average molecular weight is 429 g/mol. The van der Waals surface area contributed by atoms with Crippen molar-refractivity contribution in [3.05, 3.63) is 59.2 Å². The lowest BCUT2D eigenvalue weighted by Gasteiger charge is -2.43. The molecule has 1 saturated carbocycles. The number of benzene rings is 2. The van der Waals surface area contributed by atoms with E-state index < -0.39 is 11.7 Å². The Bertz CT molecular complexity index is 944. The molecule has 0 spiro atoms. The van der Waals surface area contributed by atoms with Crippen molar-refractivity contribution in [2.24, 2.45) is 0 Å². The van der Waals surface area contributed by atoms with Gasteiger partial charge in [-0.25, -0.2) is 0 Å². The van der Waals surface area contributed by atoms with E-state index in [1.807, 2.05) is 6.07 Å².